The van der Waals surface area contributed by atoms with E-state index in [1.807, 2.05) is 45.0 Å². The Bertz CT molecular complexity index is 936. The fourth-order valence-corrected chi connectivity index (χ4v) is 5.52. The maximum absolute atomic E-state index is 13.2. The van der Waals surface area contributed by atoms with Gasteiger partial charge in [0, 0.05) is 27.9 Å². The van der Waals surface area contributed by atoms with Crippen LogP contribution in [0.5, 0.6) is 0 Å². The molecule has 4 atom stereocenters. The number of aromatic amines is 1. The summed E-state index contributed by atoms with van der Waals surface area (Å²) in [6.45, 7) is 7.73. The molecule has 4 rings (SSSR count). The van der Waals surface area contributed by atoms with E-state index in [2.05, 4.69) is 10.3 Å². The van der Waals surface area contributed by atoms with Crippen LogP contribution < -0.4 is 5.32 Å². The van der Waals surface area contributed by atoms with E-state index in [-0.39, 0.29) is 17.4 Å². The molecule has 3 heterocycles. The smallest absolute Gasteiger partial charge is 0.327 e. The first-order valence-electron chi connectivity index (χ1n) is 9.46. The number of nitro groups is 1. The lowest BCUT2D eigenvalue weighted by Crippen LogP contribution is -2.61. The minimum absolute atomic E-state index is 0.0607. The summed E-state index contributed by atoms with van der Waals surface area (Å²) < 4.78 is 5.43. The van der Waals surface area contributed by atoms with Gasteiger partial charge >= 0.3 is 5.97 Å². The maximum Gasteiger partial charge on any atom is 0.327 e. The lowest BCUT2D eigenvalue weighted by atomic mass is 9.73. The molecule has 2 aromatic rings. The molecule has 1 aromatic heterocycles. The summed E-state index contributed by atoms with van der Waals surface area (Å²) in [5, 5.41) is 16.6. The van der Waals surface area contributed by atoms with Gasteiger partial charge in [-0.05, 0) is 31.4 Å². The predicted octanol–water partition coefficient (Wildman–Crippen LogP) is 2.76. The normalized spacial score (nSPS) is 31.9. The van der Waals surface area contributed by atoms with E-state index in [9.17, 15) is 14.9 Å². The van der Waals surface area contributed by atoms with Crippen LogP contribution in [0.25, 0.3) is 10.9 Å². The van der Waals surface area contributed by atoms with Crippen LogP contribution >= 0.6 is 0 Å². The molecule has 2 aliphatic rings. The van der Waals surface area contributed by atoms with Crippen molar-refractivity contribution in [3.05, 3.63) is 45.6 Å². The molecule has 2 unspecified atom stereocenters. The number of carbonyl (C=O) groups excluding carboxylic acids is 1. The summed E-state index contributed by atoms with van der Waals surface area (Å²) in [6.07, 6.45) is 0.383. The Morgan fingerprint density at radius 3 is 2.74 bits per heavy atom. The third-order valence-corrected chi connectivity index (χ3v) is 6.36. The number of nitrogens with one attached hydrogen (secondary N) is 2. The topological polar surface area (TPSA) is 97.3 Å². The first-order chi connectivity index (χ1) is 12.8. The fraction of sp³-hybridized carbons (Fsp3) is 0.550. The van der Waals surface area contributed by atoms with Crippen LogP contribution in [0.2, 0.25) is 0 Å². The highest BCUT2D eigenvalue weighted by Gasteiger charge is 2.72. The monoisotopic (exact) mass is 371 g/mol. The zero-order valence-corrected chi connectivity index (χ0v) is 16.0. The van der Waals surface area contributed by atoms with Crippen molar-refractivity contribution in [3.8, 4) is 0 Å². The molecule has 0 amide bonds. The molecule has 0 aliphatic carbocycles. The quantitative estimate of drug-likeness (QED) is 0.489. The first kappa shape index (κ1) is 18.0. The van der Waals surface area contributed by atoms with Crippen LogP contribution in [0, 0.1) is 22.0 Å². The van der Waals surface area contributed by atoms with Crippen molar-refractivity contribution in [2.45, 2.75) is 51.2 Å². The highest BCUT2D eigenvalue weighted by molar-refractivity contribution is 5.90. The van der Waals surface area contributed by atoms with E-state index in [4.69, 9.17) is 4.74 Å². The van der Waals surface area contributed by atoms with Crippen molar-refractivity contribution in [1.82, 2.24) is 10.3 Å². The van der Waals surface area contributed by atoms with Gasteiger partial charge in [0.25, 0.3) is 0 Å². The molecule has 0 saturated carbocycles. The summed E-state index contributed by atoms with van der Waals surface area (Å²) in [6, 6.07) is 6.91. The van der Waals surface area contributed by atoms with Gasteiger partial charge < -0.3 is 9.72 Å². The summed E-state index contributed by atoms with van der Waals surface area (Å²) in [4.78, 5) is 28.5. The third kappa shape index (κ3) is 2.21. The number of aromatic nitrogens is 1. The molecule has 2 N–H and O–H groups in total. The van der Waals surface area contributed by atoms with Crippen molar-refractivity contribution >= 4 is 16.9 Å². The zero-order chi connectivity index (χ0) is 19.6. The highest BCUT2D eigenvalue weighted by atomic mass is 16.6. The summed E-state index contributed by atoms with van der Waals surface area (Å²) >= 11 is 0. The van der Waals surface area contributed by atoms with Crippen molar-refractivity contribution < 1.29 is 14.5 Å². The van der Waals surface area contributed by atoms with Gasteiger partial charge in [-0.15, -0.1) is 0 Å². The summed E-state index contributed by atoms with van der Waals surface area (Å²) in [5.74, 6) is -0.930. The number of rotatable bonds is 4. The number of fused-ring (bicyclic) bond motifs is 6. The van der Waals surface area contributed by atoms with Gasteiger partial charge in [0.1, 0.15) is 11.1 Å². The number of nitrogens with zero attached hydrogens (tertiary/aromatic N) is 1. The van der Waals surface area contributed by atoms with E-state index in [0.717, 1.165) is 22.2 Å². The second-order valence-corrected chi connectivity index (χ2v) is 8.22. The van der Waals surface area contributed by atoms with Crippen LogP contribution in [0.4, 0.5) is 0 Å². The van der Waals surface area contributed by atoms with Gasteiger partial charge in [-0.2, -0.15) is 0 Å². The van der Waals surface area contributed by atoms with E-state index >= 15 is 0 Å². The van der Waals surface area contributed by atoms with E-state index < -0.39 is 29.0 Å². The van der Waals surface area contributed by atoms with Gasteiger partial charge in [-0.1, -0.05) is 32.0 Å². The molecular weight excluding hydrogens is 346 g/mol. The SMILES string of the molecule is CCOC(=O)C12Cc3c([nH]c4ccccc34)C(C)(N1)[C@@H]([N+](=O)[O-])[C@@H]2C(C)C. The molecule has 2 bridgehead atoms. The van der Waals surface area contributed by atoms with Gasteiger partial charge in [-0.3, -0.25) is 20.2 Å². The molecule has 7 heteroatoms. The number of benzene rings is 1. The molecule has 1 fully saturated rings. The number of ether oxygens (including phenoxy) is 1. The van der Waals surface area contributed by atoms with Crippen LogP contribution in [-0.2, 0) is 21.5 Å². The van der Waals surface area contributed by atoms with E-state index in [1.54, 1.807) is 6.92 Å². The molecule has 27 heavy (non-hydrogen) atoms. The average Bonchev–Trinajstić information content (AvgIpc) is 3.09. The zero-order valence-electron chi connectivity index (χ0n) is 16.0. The Balaban J connectivity index is 2.02. The Morgan fingerprint density at radius 2 is 2.11 bits per heavy atom. The number of hydrogen-bond donors (Lipinski definition) is 2. The molecular formula is C20H25N3O4. The Hall–Kier alpha value is -2.41. The Kier molecular flexibility index (Phi) is 3.86. The number of H-pyrrole nitrogens is 1. The first-order valence-corrected chi connectivity index (χ1v) is 9.46. The maximum atomic E-state index is 13.2. The molecule has 1 saturated heterocycles. The van der Waals surface area contributed by atoms with E-state index in [0.29, 0.717) is 6.42 Å². The molecule has 144 valence electrons. The van der Waals surface area contributed by atoms with Crippen molar-refractivity contribution in [3.63, 3.8) is 0 Å². The van der Waals surface area contributed by atoms with Crippen molar-refractivity contribution in [2.75, 3.05) is 6.61 Å². The fourth-order valence-electron chi connectivity index (χ4n) is 5.52. The minimum Gasteiger partial charge on any atom is -0.465 e. The third-order valence-electron chi connectivity index (χ3n) is 6.36. The second-order valence-electron chi connectivity index (χ2n) is 8.22. The largest absolute Gasteiger partial charge is 0.465 e. The number of hydrogen-bond acceptors (Lipinski definition) is 5. The van der Waals surface area contributed by atoms with Gasteiger partial charge in [0.2, 0.25) is 6.04 Å². The molecule has 0 radical (unpaired) electrons. The van der Waals surface area contributed by atoms with Crippen LogP contribution in [0.3, 0.4) is 0 Å². The second kappa shape index (κ2) is 5.79. The molecule has 0 spiro atoms. The van der Waals surface area contributed by atoms with Gasteiger partial charge in [0.15, 0.2) is 0 Å². The number of carbonyl (C=O) groups is 1. The Labute approximate surface area is 157 Å². The van der Waals surface area contributed by atoms with Crippen molar-refractivity contribution in [1.29, 1.82) is 0 Å². The average molecular weight is 371 g/mol. The van der Waals surface area contributed by atoms with E-state index in [1.165, 1.54) is 0 Å². The van der Waals surface area contributed by atoms with Crippen LogP contribution in [0.1, 0.15) is 39.0 Å². The van der Waals surface area contributed by atoms with Gasteiger partial charge in [0.05, 0.1) is 12.5 Å². The predicted molar refractivity (Wildman–Crippen MR) is 101 cm³/mol. The van der Waals surface area contributed by atoms with Crippen LogP contribution in [-0.4, -0.2) is 34.1 Å². The minimum atomic E-state index is -1.10. The lowest BCUT2D eigenvalue weighted by molar-refractivity contribution is -0.541. The van der Waals surface area contributed by atoms with Crippen molar-refractivity contribution in [2.24, 2.45) is 11.8 Å². The number of esters is 1. The molecule has 1 aromatic carbocycles. The molecule has 7 nitrogen and oxygen atoms in total. The van der Waals surface area contributed by atoms with Crippen LogP contribution in [0.15, 0.2) is 24.3 Å². The standard InChI is InChI=1S/C20H25N3O4/c1-5-27-18(24)20-10-13-12-8-6-7-9-14(12)21-16(13)19(4,22-20)17(23(25)26)15(20)11(2)3/h6-9,11,15,17,21-22H,5,10H2,1-4H3/t15-,17-,19?,20?/m0/s1. The highest BCUT2D eigenvalue weighted by Crippen LogP contribution is 2.54. The van der Waals surface area contributed by atoms with Gasteiger partial charge in [-0.25, -0.2) is 0 Å². The summed E-state index contributed by atoms with van der Waals surface area (Å²) in [5.41, 5.74) is 0.649. The number of para-hydroxylation sites is 1. The molecule has 2 aliphatic heterocycles. The Morgan fingerprint density at radius 1 is 1.41 bits per heavy atom. The summed E-state index contributed by atoms with van der Waals surface area (Å²) in [7, 11) is 0. The lowest BCUT2D eigenvalue weighted by Gasteiger charge is -2.38.